The lowest BCUT2D eigenvalue weighted by atomic mass is 9.96. The lowest BCUT2D eigenvalue weighted by Crippen LogP contribution is -2.51. The Labute approximate surface area is 113 Å². The summed E-state index contributed by atoms with van der Waals surface area (Å²) in [6.07, 6.45) is 4.09. The van der Waals surface area contributed by atoms with Gasteiger partial charge in [-0.15, -0.1) is 0 Å². The minimum absolute atomic E-state index is 0.396. The van der Waals surface area contributed by atoms with Crippen LogP contribution in [0.4, 0.5) is 0 Å². The van der Waals surface area contributed by atoms with Crippen LogP contribution in [0.3, 0.4) is 0 Å². The third-order valence-corrected chi connectivity index (χ3v) is 2.85. The highest BCUT2D eigenvalue weighted by molar-refractivity contribution is 5.95. The van der Waals surface area contributed by atoms with Crippen molar-refractivity contribution in [3.63, 3.8) is 0 Å². The van der Waals surface area contributed by atoms with Gasteiger partial charge < -0.3 is 10.4 Å². The van der Waals surface area contributed by atoms with Crippen molar-refractivity contribution in [2.75, 3.05) is 0 Å². The maximum Gasteiger partial charge on any atom is 0.329 e. The van der Waals surface area contributed by atoms with Crippen molar-refractivity contribution in [2.45, 2.75) is 32.2 Å². The van der Waals surface area contributed by atoms with Gasteiger partial charge >= 0.3 is 5.97 Å². The molecule has 0 radical (unpaired) electrons. The summed E-state index contributed by atoms with van der Waals surface area (Å²) in [5.74, 6) is -1.42. The Kier molecular flexibility index (Phi) is 5.30. The second-order valence-corrected chi connectivity index (χ2v) is 4.62. The van der Waals surface area contributed by atoms with E-state index in [0.717, 1.165) is 5.56 Å². The Morgan fingerprint density at radius 2 is 1.95 bits per heavy atom. The van der Waals surface area contributed by atoms with Gasteiger partial charge in [-0.05, 0) is 25.0 Å². The largest absolute Gasteiger partial charge is 0.480 e. The number of rotatable bonds is 6. The molecule has 1 atom stereocenters. The lowest BCUT2D eigenvalue weighted by Gasteiger charge is -2.24. The second-order valence-electron chi connectivity index (χ2n) is 4.62. The predicted molar refractivity (Wildman–Crippen MR) is 74.6 cm³/mol. The topological polar surface area (TPSA) is 66.4 Å². The van der Waals surface area contributed by atoms with E-state index in [2.05, 4.69) is 5.32 Å². The first kappa shape index (κ1) is 15.0. The SMILES string of the molecule is CCCC(C)(NC(=O)/C=C/c1ccccc1)C(=O)O. The molecule has 0 aliphatic heterocycles. The van der Waals surface area contributed by atoms with Crippen molar-refractivity contribution in [2.24, 2.45) is 0 Å². The predicted octanol–water partition coefficient (Wildman–Crippen LogP) is 2.46. The fourth-order valence-corrected chi connectivity index (χ4v) is 1.77. The van der Waals surface area contributed by atoms with Crippen LogP contribution in [-0.4, -0.2) is 22.5 Å². The van der Waals surface area contributed by atoms with Gasteiger partial charge in [-0.2, -0.15) is 0 Å². The van der Waals surface area contributed by atoms with Crippen molar-refractivity contribution in [3.05, 3.63) is 42.0 Å². The van der Waals surface area contributed by atoms with Crippen LogP contribution in [-0.2, 0) is 9.59 Å². The monoisotopic (exact) mass is 261 g/mol. The summed E-state index contributed by atoms with van der Waals surface area (Å²) in [5, 5.41) is 11.7. The highest BCUT2D eigenvalue weighted by Gasteiger charge is 2.33. The highest BCUT2D eigenvalue weighted by atomic mass is 16.4. The fraction of sp³-hybridized carbons (Fsp3) is 0.333. The molecule has 4 nitrogen and oxygen atoms in total. The minimum Gasteiger partial charge on any atom is -0.480 e. The summed E-state index contributed by atoms with van der Waals surface area (Å²) in [4.78, 5) is 22.9. The van der Waals surface area contributed by atoms with E-state index < -0.39 is 17.4 Å². The van der Waals surface area contributed by atoms with Gasteiger partial charge in [0.15, 0.2) is 0 Å². The van der Waals surface area contributed by atoms with E-state index in [4.69, 9.17) is 5.11 Å². The summed E-state index contributed by atoms with van der Waals surface area (Å²) in [6, 6.07) is 9.37. The van der Waals surface area contributed by atoms with Crippen LogP contribution in [0.5, 0.6) is 0 Å². The van der Waals surface area contributed by atoms with Crippen LogP contribution in [0.25, 0.3) is 6.08 Å². The van der Waals surface area contributed by atoms with E-state index in [1.54, 1.807) is 6.08 Å². The van der Waals surface area contributed by atoms with E-state index in [1.165, 1.54) is 13.0 Å². The third kappa shape index (κ3) is 4.58. The van der Waals surface area contributed by atoms with Gasteiger partial charge in [0.2, 0.25) is 5.91 Å². The number of aliphatic carboxylic acids is 1. The summed E-state index contributed by atoms with van der Waals surface area (Å²) in [5.41, 5.74) is -0.322. The molecule has 1 amide bonds. The van der Waals surface area contributed by atoms with Crippen molar-refractivity contribution >= 4 is 18.0 Å². The van der Waals surface area contributed by atoms with Crippen LogP contribution in [0.15, 0.2) is 36.4 Å². The minimum atomic E-state index is -1.22. The van der Waals surface area contributed by atoms with Crippen molar-refractivity contribution in [3.8, 4) is 0 Å². The van der Waals surface area contributed by atoms with Crippen molar-refractivity contribution < 1.29 is 14.7 Å². The van der Waals surface area contributed by atoms with E-state index >= 15 is 0 Å². The number of carbonyl (C=O) groups is 2. The Hall–Kier alpha value is -2.10. The fourth-order valence-electron chi connectivity index (χ4n) is 1.77. The molecule has 2 N–H and O–H groups in total. The number of carbonyl (C=O) groups excluding carboxylic acids is 1. The summed E-state index contributed by atoms with van der Waals surface area (Å²) < 4.78 is 0. The van der Waals surface area contributed by atoms with Gasteiger partial charge in [-0.3, -0.25) is 4.79 Å². The van der Waals surface area contributed by atoms with Gasteiger partial charge in [-0.1, -0.05) is 43.7 Å². The number of benzene rings is 1. The zero-order valence-corrected chi connectivity index (χ0v) is 11.2. The third-order valence-electron chi connectivity index (χ3n) is 2.85. The number of carboxylic acid groups (broad SMARTS) is 1. The zero-order valence-electron chi connectivity index (χ0n) is 11.2. The molecule has 0 bridgehead atoms. The molecule has 1 rings (SSSR count). The average Bonchev–Trinajstić information content (AvgIpc) is 2.37. The molecular weight excluding hydrogens is 242 g/mol. The first-order valence-electron chi connectivity index (χ1n) is 6.26. The Morgan fingerprint density at radius 1 is 1.32 bits per heavy atom. The molecule has 0 aromatic heterocycles. The summed E-state index contributed by atoms with van der Waals surface area (Å²) in [6.45, 7) is 3.40. The first-order valence-corrected chi connectivity index (χ1v) is 6.26. The molecule has 0 saturated carbocycles. The molecular formula is C15H19NO3. The van der Waals surface area contributed by atoms with Crippen LogP contribution in [0.2, 0.25) is 0 Å². The molecule has 0 aliphatic carbocycles. The summed E-state index contributed by atoms with van der Waals surface area (Å²) >= 11 is 0. The number of hydrogen-bond acceptors (Lipinski definition) is 2. The molecule has 0 heterocycles. The molecule has 0 fully saturated rings. The van der Waals surface area contributed by atoms with Gasteiger partial charge in [0.05, 0.1) is 0 Å². The van der Waals surface area contributed by atoms with Gasteiger partial charge in [0.25, 0.3) is 0 Å². The van der Waals surface area contributed by atoms with Gasteiger partial charge in [0, 0.05) is 6.08 Å². The van der Waals surface area contributed by atoms with Crippen molar-refractivity contribution in [1.82, 2.24) is 5.32 Å². The van der Waals surface area contributed by atoms with Gasteiger partial charge in [-0.25, -0.2) is 4.79 Å². The molecule has 0 saturated heterocycles. The molecule has 1 aromatic carbocycles. The lowest BCUT2D eigenvalue weighted by molar-refractivity contribution is -0.146. The van der Waals surface area contributed by atoms with E-state index in [9.17, 15) is 9.59 Å². The average molecular weight is 261 g/mol. The maximum absolute atomic E-state index is 11.8. The maximum atomic E-state index is 11.8. The van der Waals surface area contributed by atoms with Crippen LogP contribution >= 0.6 is 0 Å². The molecule has 1 unspecified atom stereocenters. The van der Waals surface area contributed by atoms with E-state index in [0.29, 0.717) is 12.8 Å². The van der Waals surface area contributed by atoms with Crippen LogP contribution < -0.4 is 5.32 Å². The van der Waals surface area contributed by atoms with E-state index in [-0.39, 0.29) is 0 Å². The standard InChI is InChI=1S/C15H19NO3/c1-3-11-15(2,14(18)19)16-13(17)10-9-12-7-5-4-6-8-12/h4-10H,3,11H2,1-2H3,(H,16,17)(H,18,19)/b10-9+. The second kappa shape index (κ2) is 6.73. The zero-order chi connectivity index (χ0) is 14.3. The molecule has 4 heteroatoms. The number of carboxylic acids is 1. The summed E-state index contributed by atoms with van der Waals surface area (Å²) in [7, 11) is 0. The Bertz CT molecular complexity index is 468. The smallest absolute Gasteiger partial charge is 0.329 e. The number of nitrogens with one attached hydrogen (secondary N) is 1. The Balaban J connectivity index is 2.68. The van der Waals surface area contributed by atoms with Crippen molar-refractivity contribution in [1.29, 1.82) is 0 Å². The number of hydrogen-bond donors (Lipinski definition) is 2. The number of amides is 1. The molecule has 102 valence electrons. The first-order chi connectivity index (χ1) is 8.98. The normalized spacial score (nSPS) is 14.0. The molecule has 0 aliphatic rings. The van der Waals surface area contributed by atoms with E-state index in [1.807, 2.05) is 37.3 Å². The Morgan fingerprint density at radius 3 is 2.47 bits per heavy atom. The van der Waals surface area contributed by atoms with Crippen LogP contribution in [0.1, 0.15) is 32.3 Å². The quantitative estimate of drug-likeness (QED) is 0.773. The van der Waals surface area contributed by atoms with Gasteiger partial charge in [0.1, 0.15) is 5.54 Å². The molecule has 19 heavy (non-hydrogen) atoms. The highest BCUT2D eigenvalue weighted by Crippen LogP contribution is 2.12. The molecule has 1 aromatic rings. The van der Waals surface area contributed by atoms with Crippen LogP contribution in [0, 0.1) is 0 Å². The molecule has 0 spiro atoms.